The maximum absolute atomic E-state index is 11.9. The van der Waals surface area contributed by atoms with Crippen molar-refractivity contribution < 1.29 is 34.8 Å². The van der Waals surface area contributed by atoms with Gasteiger partial charge in [0.1, 0.15) is 18.3 Å². The van der Waals surface area contributed by atoms with Gasteiger partial charge in [-0.2, -0.15) is 0 Å². The topological polar surface area (TPSA) is 136 Å². The van der Waals surface area contributed by atoms with Crippen LogP contribution < -0.4 is 5.32 Å². The highest BCUT2D eigenvalue weighted by atomic mass is 16.6. The average Bonchev–Trinajstić information content (AvgIpc) is 2.62. The summed E-state index contributed by atoms with van der Waals surface area (Å²) < 4.78 is 4.97. The number of esters is 1. The lowest BCUT2D eigenvalue weighted by atomic mass is 10.0. The summed E-state index contributed by atoms with van der Waals surface area (Å²) in [6.07, 6.45) is 0.317. The van der Waals surface area contributed by atoms with E-state index in [1.54, 1.807) is 0 Å². The van der Waals surface area contributed by atoms with Gasteiger partial charge in [0.05, 0.1) is 6.61 Å². The lowest BCUT2D eigenvalue weighted by Crippen LogP contribution is -2.52. The molecular formula is C17H33NO7. The van der Waals surface area contributed by atoms with Gasteiger partial charge in [-0.15, -0.1) is 0 Å². The van der Waals surface area contributed by atoms with Gasteiger partial charge < -0.3 is 30.5 Å². The molecule has 0 aromatic rings. The van der Waals surface area contributed by atoms with Gasteiger partial charge in [-0.3, -0.25) is 9.59 Å². The van der Waals surface area contributed by atoms with E-state index in [1.165, 1.54) is 26.3 Å². The second-order valence-corrected chi connectivity index (χ2v) is 6.13. The van der Waals surface area contributed by atoms with Crippen LogP contribution in [0.3, 0.4) is 0 Å². The molecule has 0 bridgehead atoms. The Morgan fingerprint density at radius 3 is 2.04 bits per heavy atom. The van der Waals surface area contributed by atoms with Crippen LogP contribution in [0.15, 0.2) is 0 Å². The van der Waals surface area contributed by atoms with Gasteiger partial charge in [0.15, 0.2) is 0 Å². The van der Waals surface area contributed by atoms with Crippen molar-refractivity contribution in [3.8, 4) is 0 Å². The monoisotopic (exact) mass is 363 g/mol. The summed E-state index contributed by atoms with van der Waals surface area (Å²) in [6.45, 7) is 1.34. The minimum absolute atomic E-state index is 0.104. The third-order valence-corrected chi connectivity index (χ3v) is 3.99. The number of ether oxygens (including phenoxy) is 1. The molecule has 0 aromatic heterocycles. The number of hydrogen-bond donors (Lipinski definition) is 5. The van der Waals surface area contributed by atoms with Crippen LogP contribution in [0, 0.1) is 0 Å². The maximum atomic E-state index is 11.9. The van der Waals surface area contributed by atoms with Crippen LogP contribution in [-0.2, 0) is 14.3 Å². The molecule has 0 aliphatic heterocycles. The minimum Gasteiger partial charge on any atom is -0.449 e. The van der Waals surface area contributed by atoms with E-state index in [0.717, 1.165) is 19.3 Å². The fraction of sp³-hybridized carbons (Fsp3) is 0.882. The summed E-state index contributed by atoms with van der Waals surface area (Å²) in [5.74, 6) is -1.46. The second-order valence-electron chi connectivity index (χ2n) is 6.13. The van der Waals surface area contributed by atoms with E-state index in [-0.39, 0.29) is 6.42 Å². The van der Waals surface area contributed by atoms with E-state index >= 15 is 0 Å². The average molecular weight is 363 g/mol. The Balaban J connectivity index is 4.38. The van der Waals surface area contributed by atoms with E-state index in [2.05, 4.69) is 12.2 Å². The van der Waals surface area contributed by atoms with Gasteiger partial charge in [0, 0.05) is 13.5 Å². The first-order valence-electron chi connectivity index (χ1n) is 8.95. The predicted molar refractivity (Wildman–Crippen MR) is 91.7 cm³/mol. The van der Waals surface area contributed by atoms with Crippen LogP contribution in [0.2, 0.25) is 0 Å². The highest BCUT2D eigenvalue weighted by Crippen LogP contribution is 2.12. The van der Waals surface area contributed by atoms with Crippen molar-refractivity contribution in [2.45, 2.75) is 82.7 Å². The van der Waals surface area contributed by atoms with Crippen molar-refractivity contribution in [3.05, 3.63) is 0 Å². The molecule has 1 amide bonds. The molecule has 0 saturated heterocycles. The molecule has 0 aliphatic carbocycles. The van der Waals surface area contributed by atoms with Gasteiger partial charge in [0.25, 0.3) is 5.91 Å². The van der Waals surface area contributed by atoms with Crippen LogP contribution in [0.4, 0.5) is 0 Å². The number of nitrogens with one attached hydrogen (secondary N) is 1. The van der Waals surface area contributed by atoms with Crippen molar-refractivity contribution in [1.82, 2.24) is 5.32 Å². The predicted octanol–water partition coefficient (Wildman–Crippen LogP) is -0.140. The summed E-state index contributed by atoms with van der Waals surface area (Å²) >= 11 is 0. The van der Waals surface area contributed by atoms with Crippen molar-refractivity contribution >= 4 is 11.9 Å². The summed E-state index contributed by atoms with van der Waals surface area (Å²) in [7, 11) is 1.29. The molecule has 0 fully saturated rings. The first kappa shape index (κ1) is 23.8. The van der Waals surface area contributed by atoms with Gasteiger partial charge in [-0.05, 0) is 6.42 Å². The zero-order valence-electron chi connectivity index (χ0n) is 15.2. The lowest BCUT2D eigenvalue weighted by molar-refractivity contribution is -0.173. The molecule has 4 atom stereocenters. The first-order chi connectivity index (χ1) is 11.9. The smallest absolute Gasteiger partial charge is 0.306 e. The molecule has 5 N–H and O–H groups in total. The summed E-state index contributed by atoms with van der Waals surface area (Å²) in [5.41, 5.74) is 0. The van der Waals surface area contributed by atoms with E-state index < -0.39 is 42.9 Å². The molecule has 25 heavy (non-hydrogen) atoms. The Labute approximate surface area is 149 Å². The van der Waals surface area contributed by atoms with Crippen molar-refractivity contribution in [3.63, 3.8) is 0 Å². The third-order valence-electron chi connectivity index (χ3n) is 3.99. The van der Waals surface area contributed by atoms with Crippen molar-refractivity contribution in [1.29, 1.82) is 0 Å². The maximum Gasteiger partial charge on any atom is 0.306 e. The van der Waals surface area contributed by atoms with E-state index in [1.807, 2.05) is 0 Å². The third kappa shape index (κ3) is 9.74. The van der Waals surface area contributed by atoms with Crippen LogP contribution in [0.25, 0.3) is 0 Å². The number of unbranched alkanes of at least 4 members (excludes halogenated alkanes) is 6. The zero-order valence-corrected chi connectivity index (χ0v) is 15.2. The first-order valence-corrected chi connectivity index (χ1v) is 8.95. The lowest BCUT2D eigenvalue weighted by Gasteiger charge is -2.27. The number of hydrogen-bond acceptors (Lipinski definition) is 7. The standard InChI is InChI=1S/C17H33NO7/c1-3-4-5-6-7-8-9-10-13(21)25-16(17(24)18-2)15(23)14(22)12(20)11-19/h12,14-16,19-20,22-23H,3-11H2,1-2H3,(H,18,24)/t12-,14-,15+,16-/m1/s1. The number of rotatable bonds is 14. The molecule has 0 saturated carbocycles. The number of carbonyl (C=O) groups excluding carboxylic acids is 2. The fourth-order valence-corrected chi connectivity index (χ4v) is 2.36. The Kier molecular flexibility index (Phi) is 13.3. The van der Waals surface area contributed by atoms with Gasteiger partial charge in [0.2, 0.25) is 6.10 Å². The van der Waals surface area contributed by atoms with Crippen LogP contribution in [-0.4, -0.2) is 70.4 Å². The number of amides is 1. The van der Waals surface area contributed by atoms with Crippen LogP contribution >= 0.6 is 0 Å². The molecular weight excluding hydrogens is 330 g/mol. The van der Waals surface area contributed by atoms with Crippen LogP contribution in [0.5, 0.6) is 0 Å². The molecule has 0 radical (unpaired) electrons. The molecule has 0 spiro atoms. The second kappa shape index (κ2) is 14.0. The summed E-state index contributed by atoms with van der Waals surface area (Å²) in [5, 5.41) is 40.1. The number of aliphatic hydroxyl groups is 4. The molecule has 0 aliphatic rings. The highest BCUT2D eigenvalue weighted by molar-refractivity contribution is 5.84. The Morgan fingerprint density at radius 2 is 1.52 bits per heavy atom. The molecule has 8 heteroatoms. The SMILES string of the molecule is CCCCCCCCCC(=O)O[C@@H](C(=O)NC)[C@@H](O)[C@H](O)[C@H](O)CO. The van der Waals surface area contributed by atoms with Crippen LogP contribution in [0.1, 0.15) is 58.3 Å². The molecule has 0 rings (SSSR count). The Bertz CT molecular complexity index is 378. The van der Waals surface area contributed by atoms with Gasteiger partial charge in [-0.1, -0.05) is 45.4 Å². The Hall–Kier alpha value is -1.22. The van der Waals surface area contributed by atoms with Crippen molar-refractivity contribution in [2.24, 2.45) is 0 Å². The molecule has 8 nitrogen and oxygen atoms in total. The minimum atomic E-state index is -1.85. The number of likely N-dealkylation sites (N-methyl/N-ethyl adjacent to an activating group) is 1. The largest absolute Gasteiger partial charge is 0.449 e. The summed E-state index contributed by atoms with van der Waals surface area (Å²) in [6, 6.07) is 0. The fourth-order valence-electron chi connectivity index (χ4n) is 2.36. The van der Waals surface area contributed by atoms with E-state index in [0.29, 0.717) is 6.42 Å². The van der Waals surface area contributed by atoms with E-state index in [9.17, 15) is 24.9 Å². The zero-order chi connectivity index (χ0) is 19.2. The van der Waals surface area contributed by atoms with Gasteiger partial charge in [-0.25, -0.2) is 0 Å². The molecule has 0 heterocycles. The van der Waals surface area contributed by atoms with Crippen molar-refractivity contribution in [2.75, 3.05) is 13.7 Å². The Morgan fingerprint density at radius 1 is 0.960 bits per heavy atom. The van der Waals surface area contributed by atoms with E-state index in [4.69, 9.17) is 9.84 Å². The highest BCUT2D eigenvalue weighted by Gasteiger charge is 2.37. The quantitative estimate of drug-likeness (QED) is 0.214. The number of carbonyl (C=O) groups is 2. The van der Waals surface area contributed by atoms with Gasteiger partial charge >= 0.3 is 5.97 Å². The molecule has 148 valence electrons. The number of aliphatic hydroxyl groups excluding tert-OH is 4. The summed E-state index contributed by atoms with van der Waals surface area (Å²) in [4.78, 5) is 23.6. The molecule has 0 unspecified atom stereocenters. The normalized spacial score (nSPS) is 15.9. The molecule has 0 aromatic carbocycles.